The lowest BCUT2D eigenvalue weighted by Crippen LogP contribution is -2.41. The van der Waals surface area contributed by atoms with Gasteiger partial charge in [0.05, 0.1) is 6.61 Å². The number of ether oxygens (including phenoxy) is 2. The van der Waals surface area contributed by atoms with Crippen molar-refractivity contribution in [3.8, 4) is 5.75 Å². The minimum absolute atomic E-state index is 0.00802. The lowest BCUT2D eigenvalue weighted by atomic mass is 10.2. The Morgan fingerprint density at radius 3 is 3.19 bits per heavy atom. The van der Waals surface area contributed by atoms with Crippen molar-refractivity contribution in [2.24, 2.45) is 0 Å². The molecule has 88 valence electrons. The van der Waals surface area contributed by atoms with Gasteiger partial charge < -0.3 is 14.8 Å². The first-order chi connectivity index (χ1) is 7.77. The van der Waals surface area contributed by atoms with Crippen molar-refractivity contribution in [1.82, 2.24) is 5.32 Å². The SMILES string of the molecule is Cc1cccc(OCC2CNCCO2)c1F. The van der Waals surface area contributed by atoms with E-state index in [9.17, 15) is 4.39 Å². The van der Waals surface area contributed by atoms with Gasteiger partial charge in [0.1, 0.15) is 12.7 Å². The minimum atomic E-state index is -0.286. The van der Waals surface area contributed by atoms with E-state index in [-0.39, 0.29) is 11.9 Å². The van der Waals surface area contributed by atoms with Crippen LogP contribution in [0, 0.1) is 12.7 Å². The van der Waals surface area contributed by atoms with Crippen molar-refractivity contribution in [3.05, 3.63) is 29.6 Å². The van der Waals surface area contributed by atoms with E-state index >= 15 is 0 Å². The largest absolute Gasteiger partial charge is 0.488 e. The molecular formula is C12H16FNO2. The molecule has 4 heteroatoms. The molecule has 0 aliphatic carbocycles. The van der Waals surface area contributed by atoms with Crippen molar-refractivity contribution in [2.75, 3.05) is 26.3 Å². The fraction of sp³-hybridized carbons (Fsp3) is 0.500. The summed E-state index contributed by atoms with van der Waals surface area (Å²) in [7, 11) is 0. The van der Waals surface area contributed by atoms with E-state index in [2.05, 4.69) is 5.32 Å². The molecule has 0 radical (unpaired) electrons. The van der Waals surface area contributed by atoms with Gasteiger partial charge in [0.25, 0.3) is 0 Å². The summed E-state index contributed by atoms with van der Waals surface area (Å²) >= 11 is 0. The lowest BCUT2D eigenvalue weighted by molar-refractivity contribution is -0.000560. The number of morpholine rings is 1. The Morgan fingerprint density at radius 2 is 2.44 bits per heavy atom. The molecular weight excluding hydrogens is 209 g/mol. The van der Waals surface area contributed by atoms with Gasteiger partial charge >= 0.3 is 0 Å². The zero-order valence-corrected chi connectivity index (χ0v) is 9.33. The van der Waals surface area contributed by atoms with Crippen molar-refractivity contribution < 1.29 is 13.9 Å². The summed E-state index contributed by atoms with van der Waals surface area (Å²) in [5, 5.41) is 3.20. The highest BCUT2D eigenvalue weighted by Crippen LogP contribution is 2.19. The third-order valence-electron chi connectivity index (χ3n) is 2.59. The van der Waals surface area contributed by atoms with Crippen molar-refractivity contribution >= 4 is 0 Å². The molecule has 1 heterocycles. The van der Waals surface area contributed by atoms with Gasteiger partial charge in [-0.15, -0.1) is 0 Å². The second kappa shape index (κ2) is 5.27. The van der Waals surface area contributed by atoms with Crippen LogP contribution in [0.25, 0.3) is 0 Å². The monoisotopic (exact) mass is 225 g/mol. The Kier molecular flexibility index (Phi) is 3.74. The Hall–Kier alpha value is -1.13. The zero-order chi connectivity index (χ0) is 11.4. The summed E-state index contributed by atoms with van der Waals surface area (Å²) in [4.78, 5) is 0. The molecule has 1 unspecified atom stereocenters. The summed E-state index contributed by atoms with van der Waals surface area (Å²) in [5.74, 6) is 0.0143. The Labute approximate surface area is 94.6 Å². The molecule has 0 saturated carbocycles. The molecule has 2 rings (SSSR count). The third kappa shape index (κ3) is 2.71. The highest BCUT2D eigenvalue weighted by Gasteiger charge is 2.15. The van der Waals surface area contributed by atoms with Gasteiger partial charge in [0, 0.05) is 13.1 Å². The number of aryl methyl sites for hydroxylation is 1. The topological polar surface area (TPSA) is 30.5 Å². The molecule has 1 aromatic carbocycles. The maximum atomic E-state index is 13.6. The number of hydrogen-bond donors (Lipinski definition) is 1. The zero-order valence-electron chi connectivity index (χ0n) is 9.33. The van der Waals surface area contributed by atoms with Gasteiger partial charge in [-0.05, 0) is 18.6 Å². The Balaban J connectivity index is 1.91. The van der Waals surface area contributed by atoms with Crippen LogP contribution in [0.3, 0.4) is 0 Å². The van der Waals surface area contributed by atoms with E-state index < -0.39 is 0 Å². The second-order valence-electron chi connectivity index (χ2n) is 3.89. The molecule has 0 spiro atoms. The maximum Gasteiger partial charge on any atom is 0.167 e. The van der Waals surface area contributed by atoms with E-state index in [1.807, 2.05) is 0 Å². The first kappa shape index (κ1) is 11.4. The fourth-order valence-corrected chi connectivity index (χ4v) is 1.64. The molecule has 1 N–H and O–H groups in total. The molecule has 1 saturated heterocycles. The average Bonchev–Trinajstić information content (AvgIpc) is 2.32. The standard InChI is InChI=1S/C12H16FNO2/c1-9-3-2-4-11(12(9)13)16-8-10-7-14-5-6-15-10/h2-4,10,14H,5-8H2,1H3. The predicted octanol–water partition coefficient (Wildman–Crippen LogP) is 1.50. The number of benzene rings is 1. The van der Waals surface area contributed by atoms with Gasteiger partial charge in [-0.3, -0.25) is 0 Å². The first-order valence-electron chi connectivity index (χ1n) is 5.47. The van der Waals surface area contributed by atoms with E-state index in [0.717, 1.165) is 13.1 Å². The summed E-state index contributed by atoms with van der Waals surface area (Å²) in [6.07, 6.45) is 0.00802. The van der Waals surface area contributed by atoms with Crippen LogP contribution in [0.15, 0.2) is 18.2 Å². The van der Waals surface area contributed by atoms with E-state index in [1.165, 1.54) is 0 Å². The van der Waals surface area contributed by atoms with E-state index in [0.29, 0.717) is 24.5 Å². The quantitative estimate of drug-likeness (QED) is 0.845. The Morgan fingerprint density at radius 1 is 1.56 bits per heavy atom. The minimum Gasteiger partial charge on any atom is -0.488 e. The van der Waals surface area contributed by atoms with Crippen LogP contribution in [0.2, 0.25) is 0 Å². The lowest BCUT2D eigenvalue weighted by Gasteiger charge is -2.23. The fourth-order valence-electron chi connectivity index (χ4n) is 1.64. The molecule has 0 amide bonds. The van der Waals surface area contributed by atoms with Gasteiger partial charge in [-0.1, -0.05) is 12.1 Å². The summed E-state index contributed by atoms with van der Waals surface area (Å²) in [6.45, 7) is 4.42. The van der Waals surface area contributed by atoms with Crippen LogP contribution < -0.4 is 10.1 Å². The van der Waals surface area contributed by atoms with Crippen LogP contribution in [0.1, 0.15) is 5.56 Å². The highest BCUT2D eigenvalue weighted by atomic mass is 19.1. The number of nitrogens with one attached hydrogen (secondary N) is 1. The van der Waals surface area contributed by atoms with Crippen molar-refractivity contribution in [2.45, 2.75) is 13.0 Å². The van der Waals surface area contributed by atoms with Crippen molar-refractivity contribution in [1.29, 1.82) is 0 Å². The number of halogens is 1. The van der Waals surface area contributed by atoms with E-state index in [4.69, 9.17) is 9.47 Å². The third-order valence-corrected chi connectivity index (χ3v) is 2.59. The predicted molar refractivity (Wildman–Crippen MR) is 59.2 cm³/mol. The smallest absolute Gasteiger partial charge is 0.167 e. The first-order valence-corrected chi connectivity index (χ1v) is 5.47. The van der Waals surface area contributed by atoms with Gasteiger partial charge in [-0.2, -0.15) is 0 Å². The molecule has 1 atom stereocenters. The average molecular weight is 225 g/mol. The van der Waals surface area contributed by atoms with Crippen LogP contribution in [-0.2, 0) is 4.74 Å². The molecule has 1 fully saturated rings. The number of hydrogen-bond acceptors (Lipinski definition) is 3. The van der Waals surface area contributed by atoms with Crippen LogP contribution in [0.4, 0.5) is 4.39 Å². The van der Waals surface area contributed by atoms with Gasteiger partial charge in [-0.25, -0.2) is 4.39 Å². The summed E-state index contributed by atoms with van der Waals surface area (Å²) in [5.41, 5.74) is 0.597. The highest BCUT2D eigenvalue weighted by molar-refractivity contribution is 5.30. The molecule has 1 aliphatic heterocycles. The van der Waals surface area contributed by atoms with Crippen molar-refractivity contribution in [3.63, 3.8) is 0 Å². The summed E-state index contributed by atoms with van der Waals surface area (Å²) < 4.78 is 24.5. The normalized spacial score (nSPS) is 20.8. The summed E-state index contributed by atoms with van der Waals surface area (Å²) in [6, 6.07) is 5.15. The Bertz CT molecular complexity index is 351. The molecule has 1 aliphatic rings. The molecule has 0 bridgehead atoms. The molecule has 3 nitrogen and oxygen atoms in total. The number of rotatable bonds is 3. The molecule has 0 aromatic heterocycles. The van der Waals surface area contributed by atoms with Gasteiger partial charge in [0.2, 0.25) is 0 Å². The molecule has 16 heavy (non-hydrogen) atoms. The van der Waals surface area contributed by atoms with Crippen LogP contribution >= 0.6 is 0 Å². The maximum absolute atomic E-state index is 13.6. The van der Waals surface area contributed by atoms with E-state index in [1.54, 1.807) is 25.1 Å². The second-order valence-corrected chi connectivity index (χ2v) is 3.89. The molecule has 1 aromatic rings. The van der Waals surface area contributed by atoms with Crippen LogP contribution in [0.5, 0.6) is 5.75 Å². The van der Waals surface area contributed by atoms with Crippen LogP contribution in [-0.4, -0.2) is 32.4 Å². The van der Waals surface area contributed by atoms with Gasteiger partial charge in [0.15, 0.2) is 11.6 Å².